The number of rotatable bonds is 8. The Bertz CT molecular complexity index is 589. The Morgan fingerprint density at radius 1 is 1.33 bits per heavy atom. The predicted molar refractivity (Wildman–Crippen MR) is 77.5 cm³/mol. The molecule has 0 spiro atoms. The van der Waals surface area contributed by atoms with Gasteiger partial charge in [0.15, 0.2) is 0 Å². The van der Waals surface area contributed by atoms with Crippen molar-refractivity contribution in [1.82, 2.24) is 10.0 Å². The number of carbonyl (C=O) groups excluding carboxylic acids is 1. The molecule has 0 heterocycles. The quantitative estimate of drug-likeness (QED) is 0.431. The van der Waals surface area contributed by atoms with Crippen molar-refractivity contribution in [2.75, 3.05) is 39.6 Å². The maximum Gasteiger partial charge on any atom is 0.244 e. The highest BCUT2D eigenvalue weighted by atomic mass is 32.2. The van der Waals surface area contributed by atoms with E-state index < -0.39 is 15.9 Å². The summed E-state index contributed by atoms with van der Waals surface area (Å²) >= 11 is 0. The Kier molecular flexibility index (Phi) is 6.40. The van der Waals surface area contributed by atoms with Crippen LogP contribution in [0.3, 0.4) is 0 Å². The fourth-order valence-corrected chi connectivity index (χ4v) is 2.63. The molecule has 21 heavy (non-hydrogen) atoms. The third-order valence-corrected chi connectivity index (χ3v) is 3.97. The second-order valence-electron chi connectivity index (χ2n) is 4.08. The maximum absolute atomic E-state index is 12.1. The van der Waals surface area contributed by atoms with Crippen molar-refractivity contribution in [2.24, 2.45) is 0 Å². The lowest BCUT2D eigenvalue weighted by Gasteiger charge is -2.11. The lowest BCUT2D eigenvalue weighted by atomic mass is 10.3. The summed E-state index contributed by atoms with van der Waals surface area (Å²) in [5, 5.41) is 2.50. The van der Waals surface area contributed by atoms with Crippen LogP contribution in [0.15, 0.2) is 23.1 Å². The van der Waals surface area contributed by atoms with Gasteiger partial charge >= 0.3 is 0 Å². The maximum atomic E-state index is 12.1. The van der Waals surface area contributed by atoms with Crippen molar-refractivity contribution in [3.05, 3.63) is 18.2 Å². The molecule has 0 radical (unpaired) electrons. The van der Waals surface area contributed by atoms with Gasteiger partial charge < -0.3 is 20.5 Å². The number of hydrogen-bond donors (Lipinski definition) is 3. The summed E-state index contributed by atoms with van der Waals surface area (Å²) in [6, 6.07) is 4.16. The molecule has 0 aromatic heterocycles. The molecule has 0 unspecified atom stereocenters. The Balaban J connectivity index is 2.72. The van der Waals surface area contributed by atoms with Crippen molar-refractivity contribution in [3.8, 4) is 5.75 Å². The molecule has 0 aliphatic rings. The van der Waals surface area contributed by atoms with Crippen LogP contribution in [-0.4, -0.2) is 48.2 Å². The van der Waals surface area contributed by atoms with E-state index in [9.17, 15) is 13.2 Å². The summed E-state index contributed by atoms with van der Waals surface area (Å²) in [7, 11) is -1.03. The first-order valence-electron chi connectivity index (χ1n) is 6.09. The first kappa shape index (κ1) is 17.2. The van der Waals surface area contributed by atoms with E-state index in [1.165, 1.54) is 32.4 Å². The number of nitrogens with one attached hydrogen (secondary N) is 2. The normalized spacial score (nSPS) is 11.1. The molecule has 0 aliphatic carbocycles. The van der Waals surface area contributed by atoms with Crippen LogP contribution in [0.1, 0.15) is 0 Å². The second kappa shape index (κ2) is 7.81. The lowest BCUT2D eigenvalue weighted by Crippen LogP contribution is -2.38. The van der Waals surface area contributed by atoms with E-state index in [2.05, 4.69) is 10.0 Å². The fourth-order valence-electron chi connectivity index (χ4n) is 1.50. The minimum absolute atomic E-state index is 0.0797. The summed E-state index contributed by atoms with van der Waals surface area (Å²) < 4.78 is 36.2. The van der Waals surface area contributed by atoms with Crippen LogP contribution in [-0.2, 0) is 19.6 Å². The first-order chi connectivity index (χ1) is 9.90. The van der Waals surface area contributed by atoms with Gasteiger partial charge in [-0.05, 0) is 12.1 Å². The summed E-state index contributed by atoms with van der Waals surface area (Å²) in [4.78, 5) is 11.4. The van der Waals surface area contributed by atoms with Crippen molar-refractivity contribution in [3.63, 3.8) is 0 Å². The molecule has 1 amide bonds. The van der Waals surface area contributed by atoms with Crippen LogP contribution < -0.4 is 20.5 Å². The molecule has 8 nitrogen and oxygen atoms in total. The minimum Gasteiger partial charge on any atom is -0.495 e. The molecule has 0 aliphatic heterocycles. The molecule has 0 atom stereocenters. The number of sulfonamides is 1. The average Bonchev–Trinajstić information content (AvgIpc) is 2.45. The van der Waals surface area contributed by atoms with Crippen LogP contribution in [0.25, 0.3) is 0 Å². The highest BCUT2D eigenvalue weighted by Crippen LogP contribution is 2.25. The predicted octanol–water partition coefficient (Wildman–Crippen LogP) is -0.682. The number of ether oxygens (including phenoxy) is 2. The van der Waals surface area contributed by atoms with Gasteiger partial charge in [0.1, 0.15) is 10.6 Å². The second-order valence-corrected chi connectivity index (χ2v) is 5.81. The summed E-state index contributed by atoms with van der Waals surface area (Å²) in [6.07, 6.45) is 0. The number of carbonyl (C=O) groups is 1. The number of benzene rings is 1. The number of nitrogens with two attached hydrogens (primary N) is 1. The van der Waals surface area contributed by atoms with E-state index in [0.29, 0.717) is 18.8 Å². The zero-order valence-corrected chi connectivity index (χ0v) is 12.7. The topological polar surface area (TPSA) is 120 Å². The van der Waals surface area contributed by atoms with Crippen LogP contribution in [0.2, 0.25) is 0 Å². The minimum atomic E-state index is -3.87. The van der Waals surface area contributed by atoms with Crippen LogP contribution in [0.4, 0.5) is 5.69 Å². The SMILES string of the molecule is COCCNC(=O)CNS(=O)(=O)c1ccc(N)cc1OC. The van der Waals surface area contributed by atoms with Gasteiger partial charge in [0, 0.05) is 25.4 Å². The largest absolute Gasteiger partial charge is 0.495 e. The van der Waals surface area contributed by atoms with E-state index in [4.69, 9.17) is 15.2 Å². The van der Waals surface area contributed by atoms with Crippen LogP contribution >= 0.6 is 0 Å². The molecular weight excluding hydrogens is 298 g/mol. The van der Waals surface area contributed by atoms with Gasteiger partial charge in [0.2, 0.25) is 15.9 Å². The smallest absolute Gasteiger partial charge is 0.244 e. The highest BCUT2D eigenvalue weighted by Gasteiger charge is 2.20. The van der Waals surface area contributed by atoms with E-state index in [1.807, 2.05) is 0 Å². The van der Waals surface area contributed by atoms with E-state index in [-0.39, 0.29) is 17.2 Å². The van der Waals surface area contributed by atoms with Crippen molar-refractivity contribution in [1.29, 1.82) is 0 Å². The first-order valence-corrected chi connectivity index (χ1v) is 7.58. The zero-order valence-electron chi connectivity index (χ0n) is 11.9. The number of anilines is 1. The highest BCUT2D eigenvalue weighted by molar-refractivity contribution is 7.89. The van der Waals surface area contributed by atoms with E-state index >= 15 is 0 Å². The summed E-state index contributed by atoms with van der Waals surface area (Å²) in [5.41, 5.74) is 5.94. The third kappa shape index (κ3) is 5.21. The van der Waals surface area contributed by atoms with Crippen molar-refractivity contribution in [2.45, 2.75) is 4.90 Å². The van der Waals surface area contributed by atoms with E-state index in [0.717, 1.165) is 0 Å². The summed E-state index contributed by atoms with van der Waals surface area (Å²) in [6.45, 7) is 0.284. The Morgan fingerprint density at radius 3 is 2.67 bits per heavy atom. The van der Waals surface area contributed by atoms with Gasteiger partial charge in [-0.15, -0.1) is 0 Å². The van der Waals surface area contributed by atoms with Crippen molar-refractivity contribution >= 4 is 21.6 Å². The third-order valence-electron chi connectivity index (χ3n) is 2.53. The van der Waals surface area contributed by atoms with Gasteiger partial charge in [-0.2, -0.15) is 0 Å². The molecule has 4 N–H and O–H groups in total. The number of nitrogen functional groups attached to an aromatic ring is 1. The molecule has 1 rings (SSSR count). The van der Waals surface area contributed by atoms with Gasteiger partial charge in [-0.1, -0.05) is 0 Å². The molecule has 1 aromatic rings. The molecule has 118 valence electrons. The molecular formula is C12H19N3O5S. The zero-order chi connectivity index (χ0) is 15.9. The van der Waals surface area contributed by atoms with Gasteiger partial charge in [0.05, 0.1) is 20.3 Å². The number of hydrogen-bond acceptors (Lipinski definition) is 6. The fraction of sp³-hybridized carbons (Fsp3) is 0.417. The number of amides is 1. The molecule has 9 heteroatoms. The standard InChI is InChI=1S/C12H19N3O5S/c1-19-6-5-14-12(16)8-15-21(17,18)11-4-3-9(13)7-10(11)20-2/h3-4,7,15H,5-6,8,13H2,1-2H3,(H,14,16). The van der Waals surface area contributed by atoms with E-state index in [1.54, 1.807) is 0 Å². The number of methoxy groups -OCH3 is 2. The average molecular weight is 317 g/mol. The summed E-state index contributed by atoms with van der Waals surface area (Å²) in [5.74, 6) is -0.340. The van der Waals surface area contributed by atoms with Gasteiger partial charge in [0.25, 0.3) is 0 Å². The molecule has 0 saturated carbocycles. The van der Waals surface area contributed by atoms with Gasteiger partial charge in [-0.3, -0.25) is 4.79 Å². The monoisotopic (exact) mass is 317 g/mol. The molecule has 0 fully saturated rings. The van der Waals surface area contributed by atoms with Gasteiger partial charge in [-0.25, -0.2) is 13.1 Å². The lowest BCUT2D eigenvalue weighted by molar-refractivity contribution is -0.120. The molecule has 1 aromatic carbocycles. The molecule has 0 bridgehead atoms. The van der Waals surface area contributed by atoms with Crippen LogP contribution in [0, 0.1) is 0 Å². The Hall–Kier alpha value is -1.84. The Labute approximate surface area is 123 Å². The molecule has 0 saturated heterocycles. The van der Waals surface area contributed by atoms with Crippen molar-refractivity contribution < 1.29 is 22.7 Å². The van der Waals surface area contributed by atoms with Crippen LogP contribution in [0.5, 0.6) is 5.75 Å². The Morgan fingerprint density at radius 2 is 2.05 bits per heavy atom.